The van der Waals surface area contributed by atoms with Crippen LogP contribution in [0.15, 0.2) is 48.5 Å². The van der Waals surface area contributed by atoms with Crippen molar-refractivity contribution >= 4 is 11.7 Å². The van der Waals surface area contributed by atoms with E-state index in [4.69, 9.17) is 11.0 Å². The van der Waals surface area contributed by atoms with Gasteiger partial charge in [0.1, 0.15) is 23.6 Å². The third kappa shape index (κ3) is 3.07. The molecule has 0 fully saturated rings. The number of aromatic nitrogens is 1. The van der Waals surface area contributed by atoms with E-state index in [9.17, 15) is 4.79 Å². The van der Waals surface area contributed by atoms with Crippen LogP contribution in [0.4, 0.5) is 5.82 Å². The lowest BCUT2D eigenvalue weighted by Gasteiger charge is -2.16. The average Bonchev–Trinajstić information content (AvgIpc) is 2.45. The van der Waals surface area contributed by atoms with Crippen LogP contribution in [0.3, 0.4) is 0 Å². The summed E-state index contributed by atoms with van der Waals surface area (Å²) in [6, 6.07) is 15.3. The van der Waals surface area contributed by atoms with Crippen LogP contribution in [0.1, 0.15) is 17.3 Å². The summed E-state index contributed by atoms with van der Waals surface area (Å²) >= 11 is 0. The summed E-state index contributed by atoms with van der Waals surface area (Å²) in [5.41, 5.74) is 6.42. The van der Waals surface area contributed by atoms with Crippen LogP contribution in [0, 0.1) is 11.3 Å². The zero-order valence-electron chi connectivity index (χ0n) is 10.1. The fraction of sp³-hybridized carbons (Fsp3) is 0.0714. The number of nitrogens with zero attached hydrogens (tertiary/aromatic N) is 2. The first-order chi connectivity index (χ1) is 9.20. The summed E-state index contributed by atoms with van der Waals surface area (Å²) in [5.74, 6) is -0.0675. The van der Waals surface area contributed by atoms with E-state index in [-0.39, 0.29) is 5.69 Å². The van der Waals surface area contributed by atoms with Crippen LogP contribution in [-0.4, -0.2) is 10.9 Å². The fourth-order valence-corrected chi connectivity index (χ4v) is 1.69. The summed E-state index contributed by atoms with van der Waals surface area (Å²) in [5, 5.41) is 11.7. The molecule has 0 saturated carbocycles. The van der Waals surface area contributed by atoms with Gasteiger partial charge in [-0.2, -0.15) is 5.26 Å². The van der Waals surface area contributed by atoms with Crippen molar-refractivity contribution in [2.24, 2.45) is 5.73 Å². The van der Waals surface area contributed by atoms with Gasteiger partial charge in [0.05, 0.1) is 0 Å². The number of hydrogen-bond acceptors (Lipinski definition) is 4. The van der Waals surface area contributed by atoms with Crippen molar-refractivity contribution in [3.8, 4) is 6.07 Å². The minimum absolute atomic E-state index is 0.279. The number of nitriles is 1. The lowest BCUT2D eigenvalue weighted by molar-refractivity contribution is -0.118. The van der Waals surface area contributed by atoms with Gasteiger partial charge in [-0.3, -0.25) is 4.79 Å². The molecule has 0 aliphatic heterocycles. The number of pyridine rings is 1. The van der Waals surface area contributed by atoms with E-state index >= 15 is 0 Å². The standard InChI is InChI=1S/C14H12N4O/c15-9-11-7-4-8-12(17-11)18-13(14(16)19)10-5-2-1-3-6-10/h1-8,13H,(H2,16,19)(H,17,18). The van der Waals surface area contributed by atoms with Gasteiger partial charge < -0.3 is 11.1 Å². The van der Waals surface area contributed by atoms with E-state index in [2.05, 4.69) is 10.3 Å². The molecule has 1 unspecified atom stereocenters. The first kappa shape index (κ1) is 12.6. The molecule has 2 aromatic rings. The molecule has 0 bridgehead atoms. The molecule has 94 valence electrons. The molecule has 1 atom stereocenters. The van der Waals surface area contributed by atoms with Gasteiger partial charge in [0.25, 0.3) is 0 Å². The zero-order chi connectivity index (χ0) is 13.7. The Hall–Kier alpha value is -2.87. The lowest BCUT2D eigenvalue weighted by Crippen LogP contribution is -2.28. The monoisotopic (exact) mass is 252 g/mol. The van der Waals surface area contributed by atoms with Gasteiger partial charge in [-0.1, -0.05) is 36.4 Å². The van der Waals surface area contributed by atoms with E-state index in [0.717, 1.165) is 5.56 Å². The highest BCUT2D eigenvalue weighted by Crippen LogP contribution is 2.17. The molecule has 5 heteroatoms. The predicted molar refractivity (Wildman–Crippen MR) is 71.0 cm³/mol. The number of rotatable bonds is 4. The first-order valence-electron chi connectivity index (χ1n) is 5.68. The third-order valence-electron chi connectivity index (χ3n) is 2.57. The minimum atomic E-state index is -0.678. The zero-order valence-corrected chi connectivity index (χ0v) is 10.1. The van der Waals surface area contributed by atoms with E-state index < -0.39 is 11.9 Å². The van der Waals surface area contributed by atoms with Crippen LogP contribution < -0.4 is 11.1 Å². The Kier molecular flexibility index (Phi) is 3.74. The van der Waals surface area contributed by atoms with Gasteiger partial charge in [-0.05, 0) is 17.7 Å². The van der Waals surface area contributed by atoms with Crippen molar-refractivity contribution < 1.29 is 4.79 Å². The Morgan fingerprint density at radius 2 is 1.95 bits per heavy atom. The first-order valence-corrected chi connectivity index (χ1v) is 5.68. The molecule has 0 spiro atoms. The van der Waals surface area contributed by atoms with E-state index in [0.29, 0.717) is 5.82 Å². The third-order valence-corrected chi connectivity index (χ3v) is 2.57. The number of hydrogen-bond donors (Lipinski definition) is 2. The Balaban J connectivity index is 2.27. The van der Waals surface area contributed by atoms with Crippen LogP contribution >= 0.6 is 0 Å². The largest absolute Gasteiger partial charge is 0.368 e. The Bertz CT molecular complexity index is 619. The van der Waals surface area contributed by atoms with Crippen molar-refractivity contribution in [3.63, 3.8) is 0 Å². The molecule has 0 aliphatic rings. The second kappa shape index (κ2) is 5.65. The molecule has 0 radical (unpaired) electrons. The molecule has 1 aromatic carbocycles. The molecule has 1 aromatic heterocycles. The number of anilines is 1. The maximum atomic E-state index is 11.5. The quantitative estimate of drug-likeness (QED) is 0.864. The Morgan fingerprint density at radius 1 is 1.21 bits per heavy atom. The van der Waals surface area contributed by atoms with Gasteiger partial charge in [-0.25, -0.2) is 4.98 Å². The van der Waals surface area contributed by atoms with Crippen molar-refractivity contribution in [3.05, 3.63) is 59.8 Å². The summed E-state index contributed by atoms with van der Waals surface area (Å²) in [6.07, 6.45) is 0. The molecule has 0 aliphatic carbocycles. The van der Waals surface area contributed by atoms with Gasteiger partial charge in [-0.15, -0.1) is 0 Å². The molecule has 3 N–H and O–H groups in total. The van der Waals surface area contributed by atoms with Gasteiger partial charge in [0.2, 0.25) is 5.91 Å². The van der Waals surface area contributed by atoms with E-state index in [1.807, 2.05) is 24.3 Å². The van der Waals surface area contributed by atoms with Crippen molar-refractivity contribution in [1.82, 2.24) is 4.98 Å². The molecule has 5 nitrogen and oxygen atoms in total. The SMILES string of the molecule is N#Cc1cccc(NC(C(N)=O)c2ccccc2)n1. The molecule has 1 heterocycles. The molecular weight excluding hydrogens is 240 g/mol. The number of amides is 1. The second-order valence-electron chi connectivity index (χ2n) is 3.91. The fourth-order valence-electron chi connectivity index (χ4n) is 1.69. The smallest absolute Gasteiger partial charge is 0.244 e. The summed E-state index contributed by atoms with van der Waals surface area (Å²) < 4.78 is 0. The van der Waals surface area contributed by atoms with Crippen LogP contribution in [0.25, 0.3) is 0 Å². The number of carbonyl (C=O) groups is 1. The van der Waals surface area contributed by atoms with Crippen molar-refractivity contribution in [1.29, 1.82) is 5.26 Å². The van der Waals surface area contributed by atoms with Crippen LogP contribution in [-0.2, 0) is 4.79 Å². The maximum Gasteiger partial charge on any atom is 0.244 e. The second-order valence-corrected chi connectivity index (χ2v) is 3.91. The lowest BCUT2D eigenvalue weighted by atomic mass is 10.1. The number of primary amides is 1. The molecule has 0 saturated heterocycles. The molecule has 19 heavy (non-hydrogen) atoms. The average molecular weight is 252 g/mol. The summed E-state index contributed by atoms with van der Waals surface area (Å²) in [6.45, 7) is 0. The number of carbonyl (C=O) groups excluding carboxylic acids is 1. The minimum Gasteiger partial charge on any atom is -0.368 e. The van der Waals surface area contributed by atoms with Crippen molar-refractivity contribution in [2.45, 2.75) is 6.04 Å². The van der Waals surface area contributed by atoms with Crippen molar-refractivity contribution in [2.75, 3.05) is 5.32 Å². The Labute approximate surface area is 110 Å². The normalized spacial score (nSPS) is 11.3. The summed E-state index contributed by atoms with van der Waals surface area (Å²) in [7, 11) is 0. The summed E-state index contributed by atoms with van der Waals surface area (Å²) in [4.78, 5) is 15.6. The predicted octanol–water partition coefficient (Wildman–Crippen LogP) is 1.59. The number of nitrogens with two attached hydrogens (primary N) is 1. The highest BCUT2D eigenvalue weighted by Gasteiger charge is 2.17. The van der Waals surface area contributed by atoms with Crippen LogP contribution in [0.5, 0.6) is 0 Å². The van der Waals surface area contributed by atoms with Gasteiger partial charge in [0, 0.05) is 0 Å². The van der Waals surface area contributed by atoms with Crippen LogP contribution in [0.2, 0.25) is 0 Å². The topological polar surface area (TPSA) is 91.8 Å². The maximum absolute atomic E-state index is 11.5. The highest BCUT2D eigenvalue weighted by molar-refractivity contribution is 5.84. The van der Waals surface area contributed by atoms with Gasteiger partial charge in [0.15, 0.2) is 0 Å². The number of benzene rings is 1. The van der Waals surface area contributed by atoms with E-state index in [1.165, 1.54) is 0 Å². The van der Waals surface area contributed by atoms with E-state index in [1.54, 1.807) is 30.3 Å². The Morgan fingerprint density at radius 3 is 2.58 bits per heavy atom. The molecular formula is C14H12N4O. The molecule has 2 rings (SSSR count). The number of nitrogens with one attached hydrogen (secondary N) is 1. The van der Waals surface area contributed by atoms with Gasteiger partial charge >= 0.3 is 0 Å². The highest BCUT2D eigenvalue weighted by atomic mass is 16.1. The molecule has 1 amide bonds.